The Morgan fingerprint density at radius 1 is 1.57 bits per heavy atom. The van der Waals surface area contributed by atoms with Gasteiger partial charge in [-0.2, -0.15) is 0 Å². The maximum Gasteiger partial charge on any atom is 0.123 e. The second-order valence-electron chi connectivity index (χ2n) is 4.89. The predicted molar refractivity (Wildman–Crippen MR) is 89.6 cm³/mol. The highest BCUT2D eigenvalue weighted by molar-refractivity contribution is 6.50. The predicted octanol–water partition coefficient (Wildman–Crippen LogP) is 2.81. The third-order valence-electron chi connectivity index (χ3n) is 3.29. The van der Waals surface area contributed by atoms with E-state index in [-0.39, 0.29) is 5.92 Å². The SMILES string of the molecule is CONc1cc(C(C=NCC2CC2(Cl)Cl)=CN)ccc1N. The lowest BCUT2D eigenvalue weighted by Gasteiger charge is -2.09. The van der Waals surface area contributed by atoms with E-state index in [1.165, 1.54) is 13.3 Å². The number of nitrogens with one attached hydrogen (secondary N) is 1. The molecule has 1 aliphatic rings. The van der Waals surface area contributed by atoms with Crippen molar-refractivity contribution in [3.05, 3.63) is 30.0 Å². The first-order valence-electron chi connectivity index (χ1n) is 6.46. The van der Waals surface area contributed by atoms with Gasteiger partial charge >= 0.3 is 0 Å². The summed E-state index contributed by atoms with van der Waals surface area (Å²) < 4.78 is -0.610. The molecule has 1 saturated carbocycles. The van der Waals surface area contributed by atoms with Crippen LogP contribution >= 0.6 is 23.2 Å². The number of nitrogens with two attached hydrogens (primary N) is 2. The number of nitrogen functional groups attached to an aromatic ring is 1. The van der Waals surface area contributed by atoms with E-state index >= 15 is 0 Å². The van der Waals surface area contributed by atoms with Crippen molar-refractivity contribution in [3.63, 3.8) is 0 Å². The van der Waals surface area contributed by atoms with Gasteiger partial charge in [0.25, 0.3) is 0 Å². The van der Waals surface area contributed by atoms with Crippen molar-refractivity contribution >= 4 is 46.4 Å². The molecule has 7 heteroatoms. The molecule has 0 saturated heterocycles. The summed E-state index contributed by atoms with van der Waals surface area (Å²) in [5, 5.41) is 0. The fraction of sp³-hybridized carbons (Fsp3) is 0.357. The molecule has 0 radical (unpaired) electrons. The van der Waals surface area contributed by atoms with E-state index in [4.69, 9.17) is 39.5 Å². The standard InChI is InChI=1S/C14H18Cl2N4O/c1-21-20-13-4-9(2-3-12(13)18)10(6-17)7-19-8-11-5-14(11,15)16/h2-4,6-7,11,20H,5,8,17-18H2,1H3. The summed E-state index contributed by atoms with van der Waals surface area (Å²) in [6.07, 6.45) is 3.98. The van der Waals surface area contributed by atoms with Crippen molar-refractivity contribution in [2.24, 2.45) is 16.6 Å². The molecule has 0 aliphatic heterocycles. The fourth-order valence-corrected chi connectivity index (χ4v) is 2.40. The molecule has 0 spiro atoms. The quantitative estimate of drug-likeness (QED) is 0.324. The number of alkyl halides is 2. The summed E-state index contributed by atoms with van der Waals surface area (Å²) in [5.74, 6) is 0.216. The molecule has 1 atom stereocenters. The zero-order valence-corrected chi connectivity index (χ0v) is 13.2. The van der Waals surface area contributed by atoms with Gasteiger partial charge in [0.05, 0.1) is 18.5 Å². The molecule has 0 aromatic heterocycles. The van der Waals surface area contributed by atoms with Gasteiger partial charge in [-0.25, -0.2) is 0 Å². The summed E-state index contributed by atoms with van der Waals surface area (Å²) in [6, 6.07) is 5.48. The van der Waals surface area contributed by atoms with Crippen LogP contribution in [0.5, 0.6) is 0 Å². The van der Waals surface area contributed by atoms with E-state index in [2.05, 4.69) is 10.5 Å². The van der Waals surface area contributed by atoms with Crippen molar-refractivity contribution in [3.8, 4) is 0 Å². The Bertz CT molecular complexity index is 572. The van der Waals surface area contributed by atoms with Crippen LogP contribution in [-0.4, -0.2) is 24.2 Å². The molecule has 21 heavy (non-hydrogen) atoms. The van der Waals surface area contributed by atoms with Crippen LogP contribution in [0, 0.1) is 5.92 Å². The van der Waals surface area contributed by atoms with E-state index in [0.717, 1.165) is 17.6 Å². The highest BCUT2D eigenvalue weighted by Crippen LogP contribution is 2.53. The van der Waals surface area contributed by atoms with Crippen LogP contribution in [0.2, 0.25) is 0 Å². The zero-order valence-electron chi connectivity index (χ0n) is 11.6. The number of allylic oxidation sites excluding steroid dienone is 1. The van der Waals surface area contributed by atoms with Gasteiger partial charge < -0.3 is 11.5 Å². The molecule has 5 nitrogen and oxygen atoms in total. The third kappa shape index (κ3) is 4.03. The van der Waals surface area contributed by atoms with Crippen molar-refractivity contribution in [2.45, 2.75) is 10.8 Å². The number of anilines is 2. The number of benzene rings is 1. The smallest absolute Gasteiger partial charge is 0.123 e. The molecule has 1 aromatic carbocycles. The minimum atomic E-state index is -0.610. The Balaban J connectivity index is 2.07. The van der Waals surface area contributed by atoms with Crippen LogP contribution < -0.4 is 16.9 Å². The number of rotatable bonds is 6. The largest absolute Gasteiger partial charge is 0.404 e. The Morgan fingerprint density at radius 2 is 2.29 bits per heavy atom. The van der Waals surface area contributed by atoms with Crippen LogP contribution in [-0.2, 0) is 4.84 Å². The molecule has 1 aromatic rings. The van der Waals surface area contributed by atoms with Crippen LogP contribution in [0.1, 0.15) is 12.0 Å². The lowest BCUT2D eigenvalue weighted by molar-refractivity contribution is 0.271. The van der Waals surface area contributed by atoms with Gasteiger partial charge in [-0.15, -0.1) is 23.2 Å². The van der Waals surface area contributed by atoms with Crippen molar-refractivity contribution in [1.29, 1.82) is 0 Å². The van der Waals surface area contributed by atoms with Gasteiger partial charge in [0.1, 0.15) is 4.33 Å². The molecule has 0 amide bonds. The lowest BCUT2D eigenvalue weighted by atomic mass is 10.1. The minimum absolute atomic E-state index is 0.216. The molecule has 0 bridgehead atoms. The summed E-state index contributed by atoms with van der Waals surface area (Å²) in [6.45, 7) is 0.586. The van der Waals surface area contributed by atoms with Crippen molar-refractivity contribution in [1.82, 2.24) is 0 Å². The van der Waals surface area contributed by atoms with E-state index in [9.17, 15) is 0 Å². The van der Waals surface area contributed by atoms with Gasteiger partial charge in [0.2, 0.25) is 0 Å². The molecule has 1 unspecified atom stereocenters. The second-order valence-corrected chi connectivity index (χ2v) is 6.43. The van der Waals surface area contributed by atoms with E-state index in [0.29, 0.717) is 17.9 Å². The Hall–Kier alpha value is -1.43. The number of hydrogen-bond acceptors (Lipinski definition) is 5. The number of halogens is 2. The molecule has 2 rings (SSSR count). The highest BCUT2D eigenvalue weighted by Gasteiger charge is 2.51. The first-order valence-corrected chi connectivity index (χ1v) is 7.22. The molecule has 0 heterocycles. The van der Waals surface area contributed by atoms with E-state index in [1.54, 1.807) is 12.3 Å². The Kier molecular flexibility index (Phi) is 4.98. The molecule has 1 aliphatic carbocycles. The second kappa shape index (κ2) is 6.56. The average Bonchev–Trinajstić information content (AvgIpc) is 3.05. The first kappa shape index (κ1) is 15.9. The molecular formula is C14H18Cl2N4O. The third-order valence-corrected chi connectivity index (χ3v) is 4.22. The topological polar surface area (TPSA) is 85.7 Å². The van der Waals surface area contributed by atoms with Gasteiger partial charge in [0, 0.05) is 30.5 Å². The van der Waals surface area contributed by atoms with Crippen molar-refractivity contribution < 1.29 is 4.84 Å². The van der Waals surface area contributed by atoms with Gasteiger partial charge in [0.15, 0.2) is 0 Å². The van der Waals surface area contributed by atoms with E-state index in [1.807, 2.05) is 12.1 Å². The van der Waals surface area contributed by atoms with Gasteiger partial charge in [-0.3, -0.25) is 15.3 Å². The maximum absolute atomic E-state index is 5.96. The summed E-state index contributed by atoms with van der Waals surface area (Å²) in [4.78, 5) is 9.23. The van der Waals surface area contributed by atoms with Crippen LogP contribution in [0.15, 0.2) is 29.4 Å². The maximum atomic E-state index is 5.96. The van der Waals surface area contributed by atoms with Crippen molar-refractivity contribution in [2.75, 3.05) is 24.9 Å². The Morgan fingerprint density at radius 3 is 2.86 bits per heavy atom. The summed E-state index contributed by atoms with van der Waals surface area (Å²) >= 11 is 11.9. The fourth-order valence-electron chi connectivity index (χ4n) is 1.89. The highest BCUT2D eigenvalue weighted by atomic mass is 35.5. The van der Waals surface area contributed by atoms with Crippen LogP contribution in [0.3, 0.4) is 0 Å². The molecule has 5 N–H and O–H groups in total. The van der Waals surface area contributed by atoms with Gasteiger partial charge in [-0.05, 0) is 24.1 Å². The summed E-state index contributed by atoms with van der Waals surface area (Å²) in [5.41, 5.74) is 17.1. The average molecular weight is 329 g/mol. The lowest BCUT2D eigenvalue weighted by Crippen LogP contribution is -2.02. The summed E-state index contributed by atoms with van der Waals surface area (Å²) in [7, 11) is 1.52. The molecule has 114 valence electrons. The number of nitrogens with zero attached hydrogens (tertiary/aromatic N) is 1. The Labute approximate surface area is 133 Å². The number of hydrogen-bond donors (Lipinski definition) is 3. The minimum Gasteiger partial charge on any atom is -0.404 e. The van der Waals surface area contributed by atoms with Crippen LogP contribution in [0.25, 0.3) is 5.57 Å². The molecular weight excluding hydrogens is 311 g/mol. The first-order chi connectivity index (χ1) is 9.97. The van der Waals surface area contributed by atoms with Gasteiger partial charge in [-0.1, -0.05) is 6.07 Å². The molecule has 1 fully saturated rings. The zero-order chi connectivity index (χ0) is 15.5. The van der Waals surface area contributed by atoms with Crippen LogP contribution in [0.4, 0.5) is 11.4 Å². The normalized spacial score (nSPS) is 20.7. The van der Waals surface area contributed by atoms with E-state index < -0.39 is 4.33 Å². The number of aliphatic imine (C=N–C) groups is 1. The monoisotopic (exact) mass is 328 g/mol.